The number of carbonyl (C=O) groups is 1. The second kappa shape index (κ2) is 8.75. The van der Waals surface area contributed by atoms with Gasteiger partial charge in [-0.2, -0.15) is 0 Å². The van der Waals surface area contributed by atoms with Crippen molar-refractivity contribution in [3.8, 4) is 5.75 Å². The third-order valence-electron chi connectivity index (χ3n) is 4.25. The first-order valence-electron chi connectivity index (χ1n) is 8.51. The van der Waals surface area contributed by atoms with Gasteiger partial charge < -0.3 is 15.2 Å². The summed E-state index contributed by atoms with van der Waals surface area (Å²) < 4.78 is 18.7. The van der Waals surface area contributed by atoms with Crippen molar-refractivity contribution in [1.29, 1.82) is 0 Å². The van der Waals surface area contributed by atoms with E-state index in [4.69, 9.17) is 4.74 Å². The molecule has 0 bridgehead atoms. The van der Waals surface area contributed by atoms with Crippen LogP contribution in [0.1, 0.15) is 18.0 Å². The summed E-state index contributed by atoms with van der Waals surface area (Å²) in [5.41, 5.74) is 6.80. The minimum Gasteiger partial charge on any atom is -0.492 e. The fraction of sp³-hybridized carbons (Fsp3) is 0.316. The molecule has 1 aliphatic heterocycles. The van der Waals surface area contributed by atoms with E-state index < -0.39 is 12.1 Å². The summed E-state index contributed by atoms with van der Waals surface area (Å²) >= 11 is 0. The summed E-state index contributed by atoms with van der Waals surface area (Å²) in [4.78, 5) is 12.4. The van der Waals surface area contributed by atoms with Crippen molar-refractivity contribution in [2.45, 2.75) is 24.5 Å². The molecule has 1 saturated heterocycles. The number of amides is 1. The van der Waals surface area contributed by atoms with Gasteiger partial charge in [0.2, 0.25) is 5.91 Å². The summed E-state index contributed by atoms with van der Waals surface area (Å²) in [5.74, 6) is -0.106. The SMILES string of the molecule is O=C(N[C@@H](CO)c1ccccc1)C1CC(COc2cccc(F)c2)NN1. The van der Waals surface area contributed by atoms with Crippen LogP contribution in [-0.4, -0.2) is 36.3 Å². The lowest BCUT2D eigenvalue weighted by Gasteiger charge is -2.19. The highest BCUT2D eigenvalue weighted by Gasteiger charge is 2.30. The Hall–Kier alpha value is -2.48. The Morgan fingerprint density at radius 1 is 1.23 bits per heavy atom. The molecule has 3 rings (SSSR count). The monoisotopic (exact) mass is 359 g/mol. The summed E-state index contributed by atoms with van der Waals surface area (Å²) in [6.07, 6.45) is 0.522. The molecule has 6 nitrogen and oxygen atoms in total. The van der Waals surface area contributed by atoms with Crippen molar-refractivity contribution in [2.24, 2.45) is 0 Å². The van der Waals surface area contributed by atoms with Gasteiger partial charge in [0.1, 0.15) is 24.2 Å². The Morgan fingerprint density at radius 3 is 2.77 bits per heavy atom. The zero-order chi connectivity index (χ0) is 18.4. The number of hydrazine groups is 1. The molecular formula is C19H22FN3O3. The Bertz CT molecular complexity index is 729. The zero-order valence-corrected chi connectivity index (χ0v) is 14.2. The number of hydrogen-bond acceptors (Lipinski definition) is 5. The van der Waals surface area contributed by atoms with Gasteiger partial charge in [-0.3, -0.25) is 10.2 Å². The van der Waals surface area contributed by atoms with Crippen LogP contribution in [0.2, 0.25) is 0 Å². The lowest BCUT2D eigenvalue weighted by atomic mass is 10.1. The molecule has 1 fully saturated rings. The fourth-order valence-electron chi connectivity index (χ4n) is 2.85. The lowest BCUT2D eigenvalue weighted by Crippen LogP contribution is -2.45. The van der Waals surface area contributed by atoms with Gasteiger partial charge in [-0.05, 0) is 24.1 Å². The Balaban J connectivity index is 1.49. The Morgan fingerprint density at radius 2 is 2.04 bits per heavy atom. The summed E-state index contributed by atoms with van der Waals surface area (Å²) in [7, 11) is 0. The molecular weight excluding hydrogens is 337 g/mol. The van der Waals surface area contributed by atoms with Crippen molar-refractivity contribution in [1.82, 2.24) is 16.2 Å². The van der Waals surface area contributed by atoms with Gasteiger partial charge in [-0.15, -0.1) is 0 Å². The van der Waals surface area contributed by atoms with E-state index in [2.05, 4.69) is 16.2 Å². The van der Waals surface area contributed by atoms with Crippen molar-refractivity contribution in [3.05, 3.63) is 66.0 Å². The maximum atomic E-state index is 13.1. The largest absolute Gasteiger partial charge is 0.492 e. The number of aliphatic hydroxyl groups excluding tert-OH is 1. The number of carbonyl (C=O) groups excluding carboxylic acids is 1. The molecule has 1 aliphatic rings. The highest BCUT2D eigenvalue weighted by atomic mass is 19.1. The van der Waals surface area contributed by atoms with E-state index in [1.807, 2.05) is 30.3 Å². The van der Waals surface area contributed by atoms with Crippen LogP contribution in [0.5, 0.6) is 5.75 Å². The quantitative estimate of drug-likeness (QED) is 0.599. The highest BCUT2D eigenvalue weighted by molar-refractivity contribution is 5.82. The Kier molecular flexibility index (Phi) is 6.17. The second-order valence-electron chi connectivity index (χ2n) is 6.20. The van der Waals surface area contributed by atoms with E-state index in [9.17, 15) is 14.3 Å². The molecule has 0 radical (unpaired) electrons. The van der Waals surface area contributed by atoms with Crippen LogP contribution in [0, 0.1) is 5.82 Å². The minimum atomic E-state index is -0.451. The van der Waals surface area contributed by atoms with Gasteiger partial charge in [0.25, 0.3) is 0 Å². The molecule has 0 saturated carbocycles. The third-order valence-corrected chi connectivity index (χ3v) is 4.25. The zero-order valence-electron chi connectivity index (χ0n) is 14.2. The minimum absolute atomic E-state index is 0.0849. The Labute approximate surface area is 151 Å². The van der Waals surface area contributed by atoms with Crippen LogP contribution < -0.4 is 20.9 Å². The van der Waals surface area contributed by atoms with E-state index in [-0.39, 0.29) is 24.4 Å². The van der Waals surface area contributed by atoms with Crippen molar-refractivity contribution in [3.63, 3.8) is 0 Å². The van der Waals surface area contributed by atoms with Gasteiger partial charge >= 0.3 is 0 Å². The van der Waals surface area contributed by atoms with E-state index in [0.29, 0.717) is 18.8 Å². The van der Waals surface area contributed by atoms with E-state index >= 15 is 0 Å². The first kappa shape index (κ1) is 18.3. The number of rotatable bonds is 7. The molecule has 7 heteroatoms. The maximum absolute atomic E-state index is 13.1. The molecule has 3 atom stereocenters. The van der Waals surface area contributed by atoms with Gasteiger partial charge in [-0.1, -0.05) is 36.4 Å². The molecule has 1 amide bonds. The lowest BCUT2D eigenvalue weighted by molar-refractivity contribution is -0.124. The van der Waals surface area contributed by atoms with Crippen LogP contribution >= 0.6 is 0 Å². The summed E-state index contributed by atoms with van der Waals surface area (Å²) in [6, 6.07) is 14.3. The molecule has 0 aliphatic carbocycles. The number of halogens is 1. The molecule has 2 aromatic rings. The van der Waals surface area contributed by atoms with Gasteiger partial charge in [0.15, 0.2) is 0 Å². The van der Waals surface area contributed by atoms with E-state index in [0.717, 1.165) is 5.56 Å². The topological polar surface area (TPSA) is 82.6 Å². The highest BCUT2D eigenvalue weighted by Crippen LogP contribution is 2.15. The standard InChI is InChI=1S/C19H22FN3O3/c20-14-7-4-8-16(9-14)26-12-15-10-17(23-22-15)19(25)21-18(11-24)13-5-2-1-3-6-13/h1-9,15,17-18,22-24H,10-12H2,(H,21,25)/t15?,17?,18-/m0/s1. The van der Waals surface area contributed by atoms with Crippen LogP contribution in [0.3, 0.4) is 0 Å². The van der Waals surface area contributed by atoms with Crippen molar-refractivity contribution in [2.75, 3.05) is 13.2 Å². The van der Waals surface area contributed by atoms with Crippen LogP contribution in [-0.2, 0) is 4.79 Å². The van der Waals surface area contributed by atoms with E-state index in [1.165, 1.54) is 12.1 Å². The average Bonchev–Trinajstić information content (AvgIpc) is 3.14. The predicted octanol–water partition coefficient (Wildman–Crippen LogP) is 1.29. The second-order valence-corrected chi connectivity index (χ2v) is 6.20. The maximum Gasteiger partial charge on any atom is 0.239 e. The third kappa shape index (κ3) is 4.78. The molecule has 26 heavy (non-hydrogen) atoms. The van der Waals surface area contributed by atoms with Crippen molar-refractivity contribution >= 4 is 5.91 Å². The molecule has 2 unspecified atom stereocenters. The summed E-state index contributed by atoms with van der Waals surface area (Å²) in [6.45, 7) is 0.129. The first-order chi connectivity index (χ1) is 12.7. The molecule has 4 N–H and O–H groups in total. The first-order valence-corrected chi connectivity index (χ1v) is 8.51. The van der Waals surface area contributed by atoms with Crippen LogP contribution in [0.4, 0.5) is 4.39 Å². The fourth-order valence-corrected chi connectivity index (χ4v) is 2.85. The number of aliphatic hydroxyl groups is 1. The normalized spacial score (nSPS) is 20.5. The van der Waals surface area contributed by atoms with Crippen LogP contribution in [0.25, 0.3) is 0 Å². The molecule has 2 aromatic carbocycles. The smallest absolute Gasteiger partial charge is 0.239 e. The number of benzene rings is 2. The number of nitrogens with one attached hydrogen (secondary N) is 3. The molecule has 1 heterocycles. The van der Waals surface area contributed by atoms with Crippen molar-refractivity contribution < 1.29 is 19.0 Å². The van der Waals surface area contributed by atoms with Gasteiger partial charge in [0, 0.05) is 6.07 Å². The molecule has 0 aromatic heterocycles. The summed E-state index contributed by atoms with van der Waals surface area (Å²) in [5, 5.41) is 12.4. The predicted molar refractivity (Wildman–Crippen MR) is 94.8 cm³/mol. The van der Waals surface area contributed by atoms with Crippen LogP contribution in [0.15, 0.2) is 54.6 Å². The van der Waals surface area contributed by atoms with Gasteiger partial charge in [-0.25, -0.2) is 9.82 Å². The molecule has 138 valence electrons. The average molecular weight is 359 g/mol. The van der Waals surface area contributed by atoms with E-state index in [1.54, 1.807) is 12.1 Å². The molecule has 0 spiro atoms. The van der Waals surface area contributed by atoms with Gasteiger partial charge in [0.05, 0.1) is 18.7 Å². The number of ether oxygens (including phenoxy) is 1. The number of hydrogen-bond donors (Lipinski definition) is 4.